The Balaban J connectivity index is 2.04. The first-order valence-electron chi connectivity index (χ1n) is 4.77. The van der Waals surface area contributed by atoms with E-state index in [9.17, 15) is 4.79 Å². The lowest BCUT2D eigenvalue weighted by Crippen LogP contribution is -2.32. The van der Waals surface area contributed by atoms with Crippen molar-refractivity contribution < 1.29 is 9.53 Å². The Morgan fingerprint density at radius 2 is 2.54 bits per heavy atom. The molecular formula is C9H14N2O2. The van der Waals surface area contributed by atoms with Gasteiger partial charge in [0.15, 0.2) is 0 Å². The highest BCUT2D eigenvalue weighted by atomic mass is 16.5. The quantitative estimate of drug-likeness (QED) is 0.669. The number of hydrogen-bond donors (Lipinski definition) is 1. The summed E-state index contributed by atoms with van der Waals surface area (Å²) in [5.74, 6) is 1.21. The zero-order valence-corrected chi connectivity index (χ0v) is 7.75. The van der Waals surface area contributed by atoms with Gasteiger partial charge in [0.1, 0.15) is 11.9 Å². The Morgan fingerprint density at radius 1 is 1.69 bits per heavy atom. The topological polar surface area (TPSA) is 50.7 Å². The van der Waals surface area contributed by atoms with Gasteiger partial charge in [0, 0.05) is 12.5 Å². The molecule has 2 aliphatic heterocycles. The predicted octanol–water partition coefficient (Wildman–Crippen LogP) is 0.330. The van der Waals surface area contributed by atoms with E-state index >= 15 is 0 Å². The number of hydrogen-bond acceptors (Lipinski definition) is 3. The van der Waals surface area contributed by atoms with E-state index in [4.69, 9.17) is 4.74 Å². The van der Waals surface area contributed by atoms with Crippen LogP contribution in [0, 0.1) is 5.92 Å². The molecule has 1 saturated heterocycles. The molecule has 1 fully saturated rings. The van der Waals surface area contributed by atoms with Crippen LogP contribution >= 0.6 is 0 Å². The molecule has 13 heavy (non-hydrogen) atoms. The molecule has 0 aromatic carbocycles. The van der Waals surface area contributed by atoms with Gasteiger partial charge in [-0.15, -0.1) is 0 Å². The van der Waals surface area contributed by atoms with E-state index in [0.717, 1.165) is 25.3 Å². The zero-order chi connectivity index (χ0) is 9.26. The van der Waals surface area contributed by atoms with Crippen molar-refractivity contribution in [2.24, 2.45) is 10.9 Å². The summed E-state index contributed by atoms with van der Waals surface area (Å²) in [6, 6.07) is -0.157. The van der Waals surface area contributed by atoms with Gasteiger partial charge in [-0.2, -0.15) is 0 Å². The van der Waals surface area contributed by atoms with Gasteiger partial charge in [0.2, 0.25) is 5.91 Å². The van der Waals surface area contributed by atoms with Crippen molar-refractivity contribution in [1.29, 1.82) is 0 Å². The van der Waals surface area contributed by atoms with Crippen LogP contribution < -0.4 is 5.32 Å². The fraction of sp³-hybridized carbons (Fsp3) is 0.778. The largest absolute Gasteiger partial charge is 0.381 e. The molecule has 0 bridgehead atoms. The molecule has 0 aromatic rings. The van der Waals surface area contributed by atoms with Crippen molar-refractivity contribution in [2.75, 3.05) is 13.2 Å². The van der Waals surface area contributed by atoms with Crippen molar-refractivity contribution in [2.45, 2.75) is 25.8 Å². The Kier molecular flexibility index (Phi) is 2.31. The molecule has 4 nitrogen and oxygen atoms in total. The molecule has 1 N–H and O–H groups in total. The number of aliphatic imine (C=N–C) groups is 1. The lowest BCUT2D eigenvalue weighted by molar-refractivity contribution is -0.120. The number of carbonyl (C=O) groups excluding carboxylic acids is 1. The van der Waals surface area contributed by atoms with Crippen molar-refractivity contribution in [3.63, 3.8) is 0 Å². The molecule has 0 aliphatic carbocycles. The SMILES string of the molecule is CCC1N=C(C2CCOC2)NC1=O. The average Bonchev–Trinajstić information content (AvgIpc) is 2.71. The van der Waals surface area contributed by atoms with E-state index < -0.39 is 0 Å². The van der Waals surface area contributed by atoms with E-state index in [1.54, 1.807) is 0 Å². The van der Waals surface area contributed by atoms with Crippen LogP contribution in [0.15, 0.2) is 4.99 Å². The molecule has 1 amide bonds. The fourth-order valence-electron chi connectivity index (χ4n) is 1.70. The number of amides is 1. The maximum absolute atomic E-state index is 11.3. The Labute approximate surface area is 77.4 Å². The summed E-state index contributed by atoms with van der Waals surface area (Å²) in [7, 11) is 0. The molecule has 0 radical (unpaired) electrons. The Morgan fingerprint density at radius 3 is 3.08 bits per heavy atom. The van der Waals surface area contributed by atoms with Crippen LogP contribution in [-0.4, -0.2) is 31.0 Å². The van der Waals surface area contributed by atoms with E-state index in [1.807, 2.05) is 6.92 Å². The molecule has 72 valence electrons. The minimum atomic E-state index is -0.157. The second-order valence-corrected chi connectivity index (χ2v) is 3.49. The van der Waals surface area contributed by atoms with Crippen LogP contribution in [0.3, 0.4) is 0 Å². The number of ether oxygens (including phenoxy) is 1. The molecule has 4 heteroatoms. The van der Waals surface area contributed by atoms with Gasteiger partial charge in [-0.3, -0.25) is 9.79 Å². The lowest BCUT2D eigenvalue weighted by atomic mass is 10.1. The van der Waals surface area contributed by atoms with Crippen LogP contribution in [-0.2, 0) is 9.53 Å². The predicted molar refractivity (Wildman–Crippen MR) is 48.6 cm³/mol. The summed E-state index contributed by atoms with van der Waals surface area (Å²) in [6.45, 7) is 3.47. The number of nitrogens with zero attached hydrogens (tertiary/aromatic N) is 1. The first kappa shape index (κ1) is 8.69. The van der Waals surface area contributed by atoms with Gasteiger partial charge in [-0.25, -0.2) is 0 Å². The summed E-state index contributed by atoms with van der Waals surface area (Å²) in [6.07, 6.45) is 1.76. The van der Waals surface area contributed by atoms with Crippen molar-refractivity contribution in [1.82, 2.24) is 5.32 Å². The highest BCUT2D eigenvalue weighted by Gasteiger charge is 2.31. The molecular weight excluding hydrogens is 168 g/mol. The van der Waals surface area contributed by atoms with E-state index in [1.165, 1.54) is 0 Å². The van der Waals surface area contributed by atoms with Crippen LogP contribution in [0.2, 0.25) is 0 Å². The Bertz CT molecular complexity index is 244. The Hall–Kier alpha value is -0.900. The van der Waals surface area contributed by atoms with Crippen LogP contribution in [0.25, 0.3) is 0 Å². The molecule has 2 unspecified atom stereocenters. The third-order valence-electron chi connectivity index (χ3n) is 2.55. The van der Waals surface area contributed by atoms with Gasteiger partial charge in [-0.05, 0) is 12.8 Å². The monoisotopic (exact) mass is 182 g/mol. The highest BCUT2D eigenvalue weighted by Crippen LogP contribution is 2.17. The first-order chi connectivity index (χ1) is 6.31. The second-order valence-electron chi connectivity index (χ2n) is 3.49. The number of nitrogens with one attached hydrogen (secondary N) is 1. The maximum atomic E-state index is 11.3. The van der Waals surface area contributed by atoms with Gasteiger partial charge in [0.25, 0.3) is 0 Å². The van der Waals surface area contributed by atoms with Crippen LogP contribution in [0.4, 0.5) is 0 Å². The average molecular weight is 182 g/mol. The van der Waals surface area contributed by atoms with Gasteiger partial charge in [-0.1, -0.05) is 6.92 Å². The maximum Gasteiger partial charge on any atom is 0.250 e. The van der Waals surface area contributed by atoms with Crippen molar-refractivity contribution >= 4 is 11.7 Å². The molecule has 2 rings (SSSR count). The number of rotatable bonds is 2. The summed E-state index contributed by atoms with van der Waals surface area (Å²) in [5, 5.41) is 2.83. The van der Waals surface area contributed by atoms with Crippen molar-refractivity contribution in [3.05, 3.63) is 0 Å². The molecule has 0 spiro atoms. The standard InChI is InChI=1S/C9H14N2O2/c1-2-7-9(12)11-8(10-7)6-3-4-13-5-6/h6-7H,2-5H2,1H3,(H,10,11,12). The summed E-state index contributed by atoms with van der Waals surface area (Å²) in [5.41, 5.74) is 0. The van der Waals surface area contributed by atoms with E-state index in [0.29, 0.717) is 12.5 Å². The zero-order valence-electron chi connectivity index (χ0n) is 7.75. The second kappa shape index (κ2) is 3.46. The van der Waals surface area contributed by atoms with Crippen LogP contribution in [0.5, 0.6) is 0 Å². The van der Waals surface area contributed by atoms with Gasteiger partial charge in [0.05, 0.1) is 6.61 Å². The van der Waals surface area contributed by atoms with Gasteiger partial charge >= 0.3 is 0 Å². The van der Waals surface area contributed by atoms with Crippen LogP contribution in [0.1, 0.15) is 19.8 Å². The third kappa shape index (κ3) is 1.58. The molecule has 2 heterocycles. The summed E-state index contributed by atoms with van der Waals surface area (Å²) in [4.78, 5) is 15.7. The first-order valence-corrected chi connectivity index (χ1v) is 4.77. The number of amidine groups is 1. The molecule has 0 saturated carbocycles. The molecule has 2 aliphatic rings. The molecule has 0 aromatic heterocycles. The summed E-state index contributed by atoms with van der Waals surface area (Å²) >= 11 is 0. The van der Waals surface area contributed by atoms with Crippen molar-refractivity contribution in [3.8, 4) is 0 Å². The van der Waals surface area contributed by atoms with E-state index in [-0.39, 0.29) is 11.9 Å². The number of carbonyl (C=O) groups is 1. The van der Waals surface area contributed by atoms with Gasteiger partial charge < -0.3 is 10.1 Å². The fourth-order valence-corrected chi connectivity index (χ4v) is 1.70. The lowest BCUT2D eigenvalue weighted by Gasteiger charge is -2.05. The third-order valence-corrected chi connectivity index (χ3v) is 2.55. The normalized spacial score (nSPS) is 33.3. The minimum absolute atomic E-state index is 0.0457. The summed E-state index contributed by atoms with van der Waals surface area (Å²) < 4.78 is 5.24. The highest BCUT2D eigenvalue weighted by molar-refractivity contribution is 6.06. The van der Waals surface area contributed by atoms with E-state index in [2.05, 4.69) is 10.3 Å². The minimum Gasteiger partial charge on any atom is -0.381 e. The molecule has 2 atom stereocenters. The smallest absolute Gasteiger partial charge is 0.250 e.